The van der Waals surface area contributed by atoms with Gasteiger partial charge in [-0.3, -0.25) is 0 Å². The Hall–Kier alpha value is -1.05. The van der Waals surface area contributed by atoms with E-state index in [0.29, 0.717) is 5.75 Å². The molecule has 1 rings (SSSR count). The summed E-state index contributed by atoms with van der Waals surface area (Å²) in [6.07, 6.45) is 1.34. The van der Waals surface area contributed by atoms with Crippen LogP contribution in [0.3, 0.4) is 0 Å². The zero-order valence-corrected chi connectivity index (χ0v) is 9.83. The molecule has 0 spiro atoms. The van der Waals surface area contributed by atoms with E-state index in [0.717, 1.165) is 11.1 Å². The minimum atomic E-state index is -3.59. The Morgan fingerprint density at radius 2 is 2.00 bits per heavy atom. The third-order valence-electron chi connectivity index (χ3n) is 2.00. The van der Waals surface area contributed by atoms with Crippen LogP contribution in [0.5, 0.6) is 5.75 Å². The van der Waals surface area contributed by atoms with Crippen LogP contribution in [0, 0.1) is 13.8 Å². The molecule has 0 aliphatic rings. The van der Waals surface area contributed by atoms with Gasteiger partial charge in [-0.2, -0.15) is 0 Å². The van der Waals surface area contributed by atoms with Crippen molar-refractivity contribution >= 4 is 7.60 Å². The molecular formula is C11H15O3P. The molecule has 1 aromatic carbocycles. The monoisotopic (exact) mass is 226 g/mol. The van der Waals surface area contributed by atoms with Gasteiger partial charge in [0.2, 0.25) is 0 Å². The standard InChI is InChI=1S/C11H15O3P/c1-4-8-15(12,13)14-11-9(2)6-5-7-10(11)3/h4-7H,1,8H2,2-3H3,(H,12,13). The molecule has 1 atom stereocenters. The van der Waals surface area contributed by atoms with Crippen molar-refractivity contribution in [3.63, 3.8) is 0 Å². The molecule has 82 valence electrons. The van der Waals surface area contributed by atoms with Crippen molar-refractivity contribution in [1.29, 1.82) is 0 Å². The van der Waals surface area contributed by atoms with Gasteiger partial charge in [-0.1, -0.05) is 24.3 Å². The molecule has 1 unspecified atom stereocenters. The van der Waals surface area contributed by atoms with Crippen LogP contribution in [0.25, 0.3) is 0 Å². The third kappa shape index (κ3) is 3.22. The third-order valence-corrected chi connectivity index (χ3v) is 3.19. The highest BCUT2D eigenvalue weighted by molar-refractivity contribution is 7.53. The topological polar surface area (TPSA) is 46.5 Å². The van der Waals surface area contributed by atoms with Crippen molar-refractivity contribution in [3.8, 4) is 5.75 Å². The fourth-order valence-corrected chi connectivity index (χ4v) is 2.26. The number of hydrogen-bond acceptors (Lipinski definition) is 2. The minimum absolute atomic E-state index is 0.0409. The Kier molecular flexibility index (Phi) is 3.72. The summed E-state index contributed by atoms with van der Waals surface area (Å²) in [4.78, 5) is 9.48. The van der Waals surface area contributed by atoms with Gasteiger partial charge in [0.15, 0.2) is 0 Å². The highest BCUT2D eigenvalue weighted by atomic mass is 31.2. The molecule has 0 bridgehead atoms. The first kappa shape index (κ1) is 12.0. The lowest BCUT2D eigenvalue weighted by atomic mass is 10.1. The number of para-hydroxylation sites is 1. The molecular weight excluding hydrogens is 211 g/mol. The van der Waals surface area contributed by atoms with E-state index in [-0.39, 0.29) is 6.16 Å². The molecule has 0 saturated carbocycles. The summed E-state index contributed by atoms with van der Waals surface area (Å²) < 4.78 is 16.7. The lowest BCUT2D eigenvalue weighted by molar-refractivity contribution is 0.381. The van der Waals surface area contributed by atoms with Crippen molar-refractivity contribution in [1.82, 2.24) is 0 Å². The van der Waals surface area contributed by atoms with Crippen LogP contribution < -0.4 is 4.52 Å². The number of aryl methyl sites for hydroxylation is 2. The summed E-state index contributed by atoms with van der Waals surface area (Å²) in [7, 11) is -3.59. The van der Waals surface area contributed by atoms with Gasteiger partial charge in [0.05, 0.1) is 6.16 Å². The molecule has 0 aliphatic heterocycles. The molecule has 3 nitrogen and oxygen atoms in total. The molecule has 0 aliphatic carbocycles. The number of allylic oxidation sites excluding steroid dienone is 1. The number of rotatable bonds is 4. The summed E-state index contributed by atoms with van der Waals surface area (Å²) in [5.41, 5.74) is 1.71. The summed E-state index contributed by atoms with van der Waals surface area (Å²) in [5, 5.41) is 0. The fraction of sp³-hybridized carbons (Fsp3) is 0.273. The minimum Gasteiger partial charge on any atom is -0.424 e. The van der Waals surface area contributed by atoms with Crippen LogP contribution >= 0.6 is 7.60 Å². The summed E-state index contributed by atoms with van der Waals surface area (Å²) >= 11 is 0. The van der Waals surface area contributed by atoms with Crippen LogP contribution in [0.4, 0.5) is 0 Å². The van der Waals surface area contributed by atoms with E-state index in [9.17, 15) is 9.46 Å². The second kappa shape index (κ2) is 4.65. The lowest BCUT2D eigenvalue weighted by Gasteiger charge is -2.15. The van der Waals surface area contributed by atoms with Crippen molar-refractivity contribution in [3.05, 3.63) is 42.0 Å². The first-order valence-electron chi connectivity index (χ1n) is 4.65. The Labute approximate surface area is 89.9 Å². The molecule has 1 N–H and O–H groups in total. The first-order chi connectivity index (χ1) is 6.96. The van der Waals surface area contributed by atoms with Crippen molar-refractivity contribution < 1.29 is 14.0 Å². The first-order valence-corrected chi connectivity index (χ1v) is 6.41. The quantitative estimate of drug-likeness (QED) is 0.634. The number of hydrogen-bond donors (Lipinski definition) is 1. The summed E-state index contributed by atoms with van der Waals surface area (Å²) in [6, 6.07) is 5.57. The lowest BCUT2D eigenvalue weighted by Crippen LogP contribution is -1.98. The van der Waals surface area contributed by atoms with Crippen molar-refractivity contribution in [2.75, 3.05) is 6.16 Å². The maximum absolute atomic E-state index is 11.5. The molecule has 0 saturated heterocycles. The van der Waals surface area contributed by atoms with Crippen molar-refractivity contribution in [2.24, 2.45) is 0 Å². The molecule has 0 fully saturated rings. The van der Waals surface area contributed by atoms with Gasteiger partial charge in [0, 0.05) is 0 Å². The van der Waals surface area contributed by atoms with E-state index < -0.39 is 7.60 Å². The molecule has 4 heteroatoms. The Bertz CT molecular complexity index is 392. The maximum Gasteiger partial charge on any atom is 0.380 e. The van der Waals surface area contributed by atoms with E-state index in [1.165, 1.54) is 6.08 Å². The van der Waals surface area contributed by atoms with Gasteiger partial charge in [-0.15, -0.1) is 6.58 Å². The predicted molar refractivity (Wildman–Crippen MR) is 61.4 cm³/mol. The second-order valence-corrected chi connectivity index (χ2v) is 5.24. The highest BCUT2D eigenvalue weighted by Gasteiger charge is 2.20. The van der Waals surface area contributed by atoms with Gasteiger partial charge >= 0.3 is 7.60 Å². The largest absolute Gasteiger partial charge is 0.424 e. The average molecular weight is 226 g/mol. The fourth-order valence-electron chi connectivity index (χ4n) is 1.29. The summed E-state index contributed by atoms with van der Waals surface area (Å²) in [5.74, 6) is 0.491. The Balaban J connectivity index is 2.99. The van der Waals surface area contributed by atoms with Crippen LogP contribution in [-0.2, 0) is 4.57 Å². The zero-order valence-electron chi connectivity index (χ0n) is 8.93. The Morgan fingerprint density at radius 3 is 2.47 bits per heavy atom. The molecule has 0 aromatic heterocycles. The molecule has 1 aromatic rings. The normalized spacial score (nSPS) is 14.3. The van der Waals surface area contributed by atoms with E-state index >= 15 is 0 Å². The van der Waals surface area contributed by atoms with Crippen molar-refractivity contribution in [2.45, 2.75) is 13.8 Å². The Morgan fingerprint density at radius 1 is 1.47 bits per heavy atom. The smallest absolute Gasteiger partial charge is 0.380 e. The van der Waals surface area contributed by atoms with Crippen LogP contribution in [0.1, 0.15) is 11.1 Å². The van der Waals surface area contributed by atoms with Gasteiger partial charge in [-0.05, 0) is 25.0 Å². The van der Waals surface area contributed by atoms with Gasteiger partial charge < -0.3 is 9.42 Å². The zero-order chi connectivity index (χ0) is 11.5. The molecule has 15 heavy (non-hydrogen) atoms. The average Bonchev–Trinajstić information content (AvgIpc) is 2.11. The molecule has 0 heterocycles. The van der Waals surface area contributed by atoms with Gasteiger partial charge in [-0.25, -0.2) is 4.57 Å². The predicted octanol–water partition coefficient (Wildman–Crippen LogP) is 3.05. The van der Waals surface area contributed by atoms with Crippen LogP contribution in [0.15, 0.2) is 30.9 Å². The second-order valence-electron chi connectivity index (χ2n) is 3.42. The number of benzene rings is 1. The van der Waals surface area contributed by atoms with E-state index in [1.54, 1.807) is 0 Å². The summed E-state index contributed by atoms with van der Waals surface area (Å²) in [6.45, 7) is 7.11. The van der Waals surface area contributed by atoms with E-state index in [4.69, 9.17) is 4.52 Å². The maximum atomic E-state index is 11.5. The molecule has 0 radical (unpaired) electrons. The van der Waals surface area contributed by atoms with Crippen LogP contribution in [0.2, 0.25) is 0 Å². The van der Waals surface area contributed by atoms with Crippen LogP contribution in [-0.4, -0.2) is 11.1 Å². The van der Waals surface area contributed by atoms with E-state index in [2.05, 4.69) is 6.58 Å². The SMILES string of the molecule is C=CCP(=O)(O)Oc1c(C)cccc1C. The van der Waals surface area contributed by atoms with Gasteiger partial charge in [0.25, 0.3) is 0 Å². The van der Waals surface area contributed by atoms with Gasteiger partial charge in [0.1, 0.15) is 5.75 Å². The molecule has 0 amide bonds. The highest BCUT2D eigenvalue weighted by Crippen LogP contribution is 2.44. The van der Waals surface area contributed by atoms with E-state index in [1.807, 2.05) is 32.0 Å².